The van der Waals surface area contributed by atoms with Crippen LogP contribution in [-0.4, -0.2) is 9.78 Å². The lowest BCUT2D eigenvalue weighted by atomic mass is 10.0. The molecule has 0 saturated carbocycles. The van der Waals surface area contributed by atoms with Crippen molar-refractivity contribution in [3.05, 3.63) is 120 Å². The highest BCUT2D eigenvalue weighted by Crippen LogP contribution is 2.40. The maximum atomic E-state index is 13.6. The first-order valence-corrected chi connectivity index (χ1v) is 10.6. The predicted molar refractivity (Wildman–Crippen MR) is 129 cm³/mol. The average molecular weight is 440 g/mol. The summed E-state index contributed by atoms with van der Waals surface area (Å²) in [5, 5.41) is 9.16. The SMILES string of the molecule is Fc1ccc(-n2nc(-c3ccccc3)c(-c3ccccc3)c2Nc2ccc(Cl)cc2)cc1. The normalized spacial score (nSPS) is 10.8. The molecule has 5 aromatic rings. The Morgan fingerprint density at radius 2 is 1.28 bits per heavy atom. The molecule has 1 heterocycles. The van der Waals surface area contributed by atoms with E-state index in [2.05, 4.69) is 17.4 Å². The van der Waals surface area contributed by atoms with Crippen molar-refractivity contribution in [2.45, 2.75) is 0 Å². The van der Waals surface area contributed by atoms with E-state index >= 15 is 0 Å². The molecule has 0 atom stereocenters. The third-order valence-corrected chi connectivity index (χ3v) is 5.43. The van der Waals surface area contributed by atoms with E-state index in [-0.39, 0.29) is 5.82 Å². The minimum atomic E-state index is -0.292. The van der Waals surface area contributed by atoms with Crippen molar-refractivity contribution in [2.75, 3.05) is 5.32 Å². The number of aromatic nitrogens is 2. The van der Waals surface area contributed by atoms with Gasteiger partial charge in [-0.05, 0) is 54.1 Å². The molecule has 0 amide bonds. The zero-order valence-electron chi connectivity index (χ0n) is 17.0. The van der Waals surface area contributed by atoms with Gasteiger partial charge < -0.3 is 5.32 Å². The molecule has 32 heavy (non-hydrogen) atoms. The molecule has 0 bridgehead atoms. The molecule has 3 nitrogen and oxygen atoms in total. The summed E-state index contributed by atoms with van der Waals surface area (Å²) in [6, 6.07) is 34.0. The molecule has 1 N–H and O–H groups in total. The van der Waals surface area contributed by atoms with Gasteiger partial charge in [0.25, 0.3) is 0 Å². The number of rotatable bonds is 5. The molecule has 0 aliphatic rings. The fraction of sp³-hybridized carbons (Fsp3) is 0. The van der Waals surface area contributed by atoms with E-state index < -0.39 is 0 Å². The second-order valence-corrected chi connectivity index (χ2v) is 7.76. The molecule has 156 valence electrons. The lowest BCUT2D eigenvalue weighted by Gasteiger charge is -2.13. The fourth-order valence-electron chi connectivity index (χ4n) is 3.65. The molecule has 4 aromatic carbocycles. The summed E-state index contributed by atoms with van der Waals surface area (Å²) in [6.07, 6.45) is 0. The van der Waals surface area contributed by atoms with Crippen LogP contribution in [0.25, 0.3) is 28.1 Å². The van der Waals surface area contributed by atoms with Crippen molar-refractivity contribution in [3.63, 3.8) is 0 Å². The molecule has 0 spiro atoms. The van der Waals surface area contributed by atoms with E-state index in [1.807, 2.05) is 77.5 Å². The van der Waals surface area contributed by atoms with Crippen LogP contribution in [0.3, 0.4) is 0 Å². The molecule has 0 saturated heterocycles. The van der Waals surface area contributed by atoms with Crippen LogP contribution in [0.4, 0.5) is 15.9 Å². The fourth-order valence-corrected chi connectivity index (χ4v) is 3.77. The van der Waals surface area contributed by atoms with Crippen molar-refractivity contribution in [2.24, 2.45) is 0 Å². The zero-order chi connectivity index (χ0) is 21.9. The van der Waals surface area contributed by atoms with E-state index in [4.69, 9.17) is 16.7 Å². The third kappa shape index (κ3) is 4.01. The van der Waals surface area contributed by atoms with Gasteiger partial charge in [0.05, 0.1) is 11.3 Å². The molecule has 0 aliphatic heterocycles. The lowest BCUT2D eigenvalue weighted by molar-refractivity contribution is 0.627. The average Bonchev–Trinajstić information content (AvgIpc) is 3.21. The second kappa shape index (κ2) is 8.69. The Bertz CT molecular complexity index is 1330. The highest BCUT2D eigenvalue weighted by molar-refractivity contribution is 6.30. The van der Waals surface area contributed by atoms with Crippen LogP contribution in [0, 0.1) is 5.82 Å². The Labute approximate surface area is 190 Å². The molecular formula is C27H19ClFN3. The molecule has 5 rings (SSSR count). The van der Waals surface area contributed by atoms with Gasteiger partial charge in [0.15, 0.2) is 0 Å². The molecule has 0 unspecified atom stereocenters. The summed E-state index contributed by atoms with van der Waals surface area (Å²) in [5.41, 5.74) is 5.42. The summed E-state index contributed by atoms with van der Waals surface area (Å²) in [7, 11) is 0. The van der Waals surface area contributed by atoms with Gasteiger partial charge in [0, 0.05) is 16.3 Å². The van der Waals surface area contributed by atoms with Crippen LogP contribution >= 0.6 is 11.6 Å². The van der Waals surface area contributed by atoms with Crippen molar-refractivity contribution in [1.29, 1.82) is 0 Å². The highest BCUT2D eigenvalue weighted by Gasteiger charge is 2.22. The summed E-state index contributed by atoms with van der Waals surface area (Å²) >= 11 is 6.09. The topological polar surface area (TPSA) is 29.9 Å². The van der Waals surface area contributed by atoms with E-state index in [0.29, 0.717) is 5.02 Å². The van der Waals surface area contributed by atoms with Gasteiger partial charge in [-0.1, -0.05) is 72.3 Å². The van der Waals surface area contributed by atoms with E-state index in [1.165, 1.54) is 12.1 Å². The standard InChI is InChI=1S/C27H19ClFN3/c28-21-11-15-23(16-12-21)30-27-25(19-7-3-1-4-8-19)26(20-9-5-2-6-10-20)31-32(27)24-17-13-22(29)14-18-24/h1-18,30H. The largest absolute Gasteiger partial charge is 0.340 e. The first kappa shape index (κ1) is 20.0. The van der Waals surface area contributed by atoms with Gasteiger partial charge in [-0.25, -0.2) is 9.07 Å². The maximum absolute atomic E-state index is 13.6. The van der Waals surface area contributed by atoms with Crippen molar-refractivity contribution >= 4 is 23.1 Å². The second-order valence-electron chi connectivity index (χ2n) is 7.32. The van der Waals surface area contributed by atoms with E-state index in [1.54, 1.807) is 12.1 Å². The Morgan fingerprint density at radius 1 is 0.688 bits per heavy atom. The van der Waals surface area contributed by atoms with Crippen LogP contribution in [-0.2, 0) is 0 Å². The minimum Gasteiger partial charge on any atom is -0.340 e. The quantitative estimate of drug-likeness (QED) is 0.303. The van der Waals surface area contributed by atoms with Crippen LogP contribution in [0.2, 0.25) is 5.02 Å². The smallest absolute Gasteiger partial charge is 0.142 e. The van der Waals surface area contributed by atoms with Gasteiger partial charge in [-0.3, -0.25) is 0 Å². The van der Waals surface area contributed by atoms with E-state index in [9.17, 15) is 4.39 Å². The molecule has 0 fully saturated rings. The molecule has 1 aromatic heterocycles. The first-order valence-electron chi connectivity index (χ1n) is 10.2. The summed E-state index contributed by atoms with van der Waals surface area (Å²) in [6.45, 7) is 0. The van der Waals surface area contributed by atoms with E-state index in [0.717, 1.165) is 39.6 Å². The Hall–Kier alpha value is -3.89. The molecule has 0 radical (unpaired) electrons. The number of anilines is 2. The highest BCUT2D eigenvalue weighted by atomic mass is 35.5. The third-order valence-electron chi connectivity index (χ3n) is 5.17. The van der Waals surface area contributed by atoms with Crippen LogP contribution in [0.15, 0.2) is 109 Å². The minimum absolute atomic E-state index is 0.292. The van der Waals surface area contributed by atoms with Crippen LogP contribution in [0.5, 0.6) is 0 Å². The number of hydrogen-bond acceptors (Lipinski definition) is 2. The van der Waals surface area contributed by atoms with Crippen LogP contribution < -0.4 is 5.32 Å². The molecule has 5 heteroatoms. The predicted octanol–water partition coefficient (Wildman–Crippen LogP) is 7.74. The van der Waals surface area contributed by atoms with Crippen molar-refractivity contribution in [3.8, 4) is 28.1 Å². The summed E-state index contributed by atoms with van der Waals surface area (Å²) in [5.74, 6) is 0.490. The van der Waals surface area contributed by atoms with Crippen LogP contribution in [0.1, 0.15) is 0 Å². The van der Waals surface area contributed by atoms with Gasteiger partial charge in [0.1, 0.15) is 17.3 Å². The van der Waals surface area contributed by atoms with Gasteiger partial charge >= 0.3 is 0 Å². The summed E-state index contributed by atoms with van der Waals surface area (Å²) < 4.78 is 15.5. The zero-order valence-corrected chi connectivity index (χ0v) is 17.8. The maximum Gasteiger partial charge on any atom is 0.142 e. The van der Waals surface area contributed by atoms with Gasteiger partial charge in [0.2, 0.25) is 0 Å². The monoisotopic (exact) mass is 439 g/mol. The van der Waals surface area contributed by atoms with Gasteiger partial charge in [-0.15, -0.1) is 0 Å². The number of nitrogens with one attached hydrogen (secondary N) is 1. The number of nitrogens with zero attached hydrogens (tertiary/aromatic N) is 2. The summed E-state index contributed by atoms with van der Waals surface area (Å²) in [4.78, 5) is 0. The molecule has 0 aliphatic carbocycles. The Balaban J connectivity index is 1.78. The van der Waals surface area contributed by atoms with Gasteiger partial charge in [-0.2, -0.15) is 5.10 Å². The van der Waals surface area contributed by atoms with Crippen molar-refractivity contribution < 1.29 is 4.39 Å². The number of benzene rings is 4. The lowest BCUT2D eigenvalue weighted by Crippen LogP contribution is -2.03. The Kier molecular flexibility index (Phi) is 5.44. The number of hydrogen-bond donors (Lipinski definition) is 1. The van der Waals surface area contributed by atoms with Crippen molar-refractivity contribution in [1.82, 2.24) is 9.78 Å². The molecular weight excluding hydrogens is 421 g/mol. The Morgan fingerprint density at radius 3 is 1.91 bits per heavy atom. The number of halogens is 2. The first-order chi connectivity index (χ1) is 15.7.